The molecule has 0 saturated carbocycles. The number of aromatic nitrogens is 6. The van der Waals surface area contributed by atoms with Crippen molar-refractivity contribution < 1.29 is 4.79 Å². The zero-order chi connectivity index (χ0) is 19.7. The van der Waals surface area contributed by atoms with Crippen LogP contribution >= 0.6 is 11.6 Å². The number of hydrogen-bond acceptors (Lipinski definition) is 5. The highest BCUT2D eigenvalue weighted by molar-refractivity contribution is 6.32. The number of aryl methyl sites for hydroxylation is 1. The summed E-state index contributed by atoms with van der Waals surface area (Å²) in [5.74, 6) is -0.347. The van der Waals surface area contributed by atoms with Gasteiger partial charge in [0.05, 0.1) is 34.0 Å². The quantitative estimate of drug-likeness (QED) is 0.574. The molecule has 0 spiro atoms. The SMILES string of the molecule is Cc1cnnn1-c1ccc(NC(=O)c2nnn(-c3ccccc3Cl)c2C)cc1. The Morgan fingerprint density at radius 2 is 1.75 bits per heavy atom. The molecule has 2 aromatic heterocycles. The molecule has 140 valence electrons. The summed E-state index contributed by atoms with van der Waals surface area (Å²) in [6, 6.07) is 14.5. The predicted molar refractivity (Wildman–Crippen MR) is 105 cm³/mol. The largest absolute Gasteiger partial charge is 0.321 e. The van der Waals surface area contributed by atoms with E-state index < -0.39 is 0 Å². The normalized spacial score (nSPS) is 10.8. The Bertz CT molecular complexity index is 1150. The Morgan fingerprint density at radius 3 is 2.43 bits per heavy atom. The minimum atomic E-state index is -0.347. The van der Waals surface area contributed by atoms with Gasteiger partial charge in [0.1, 0.15) is 0 Å². The third-order valence-electron chi connectivity index (χ3n) is 4.28. The molecular weight excluding hydrogens is 378 g/mol. The molecule has 0 saturated heterocycles. The van der Waals surface area contributed by atoms with Crippen molar-refractivity contribution >= 4 is 23.2 Å². The van der Waals surface area contributed by atoms with Gasteiger partial charge in [-0.25, -0.2) is 9.36 Å². The number of carbonyl (C=O) groups is 1. The van der Waals surface area contributed by atoms with Gasteiger partial charge < -0.3 is 5.32 Å². The molecule has 0 bridgehead atoms. The zero-order valence-corrected chi connectivity index (χ0v) is 15.9. The molecule has 0 aliphatic heterocycles. The van der Waals surface area contributed by atoms with Crippen LogP contribution in [-0.4, -0.2) is 35.9 Å². The number of nitrogens with one attached hydrogen (secondary N) is 1. The van der Waals surface area contributed by atoms with Crippen LogP contribution in [0, 0.1) is 13.8 Å². The molecule has 1 amide bonds. The van der Waals surface area contributed by atoms with E-state index in [1.165, 1.54) is 0 Å². The van der Waals surface area contributed by atoms with E-state index in [0.29, 0.717) is 22.1 Å². The average molecular weight is 394 g/mol. The fourth-order valence-electron chi connectivity index (χ4n) is 2.81. The number of carbonyl (C=O) groups excluding carboxylic acids is 1. The summed E-state index contributed by atoms with van der Waals surface area (Å²) in [6.45, 7) is 3.69. The van der Waals surface area contributed by atoms with E-state index in [4.69, 9.17) is 11.6 Å². The van der Waals surface area contributed by atoms with Crippen LogP contribution in [0.25, 0.3) is 11.4 Å². The molecule has 1 N–H and O–H groups in total. The lowest BCUT2D eigenvalue weighted by molar-refractivity contribution is 0.102. The van der Waals surface area contributed by atoms with Gasteiger partial charge in [0, 0.05) is 5.69 Å². The summed E-state index contributed by atoms with van der Waals surface area (Å²) in [5.41, 5.74) is 3.91. The molecule has 0 aliphatic rings. The third-order valence-corrected chi connectivity index (χ3v) is 4.60. The standard InChI is InChI=1S/C19H16ClN7O/c1-12-11-21-24-26(12)15-9-7-14(8-10-15)22-19(28)18-13(2)27(25-23-18)17-6-4-3-5-16(17)20/h3-11H,1-2H3,(H,22,28). The van der Waals surface area contributed by atoms with Crippen LogP contribution in [0.5, 0.6) is 0 Å². The van der Waals surface area contributed by atoms with Crippen LogP contribution in [-0.2, 0) is 0 Å². The van der Waals surface area contributed by atoms with Crippen LogP contribution in [0.2, 0.25) is 5.02 Å². The molecular formula is C19H16ClN7O. The molecule has 2 aromatic carbocycles. The van der Waals surface area contributed by atoms with Crippen molar-refractivity contribution in [2.24, 2.45) is 0 Å². The lowest BCUT2D eigenvalue weighted by atomic mass is 10.2. The van der Waals surface area contributed by atoms with Gasteiger partial charge >= 0.3 is 0 Å². The molecule has 0 radical (unpaired) electrons. The molecule has 4 rings (SSSR count). The minimum absolute atomic E-state index is 0.233. The Hall–Kier alpha value is -3.52. The fraction of sp³-hybridized carbons (Fsp3) is 0.105. The topological polar surface area (TPSA) is 90.5 Å². The number of benzene rings is 2. The van der Waals surface area contributed by atoms with Crippen molar-refractivity contribution in [1.29, 1.82) is 0 Å². The van der Waals surface area contributed by atoms with Gasteiger partial charge in [-0.05, 0) is 50.2 Å². The van der Waals surface area contributed by atoms with Gasteiger partial charge in [-0.2, -0.15) is 0 Å². The summed E-state index contributed by atoms with van der Waals surface area (Å²) in [6.07, 6.45) is 1.68. The highest BCUT2D eigenvalue weighted by Gasteiger charge is 2.18. The second-order valence-electron chi connectivity index (χ2n) is 6.17. The second kappa shape index (κ2) is 7.24. The average Bonchev–Trinajstić information content (AvgIpc) is 3.28. The molecule has 2 heterocycles. The Balaban J connectivity index is 1.55. The van der Waals surface area contributed by atoms with Crippen LogP contribution in [0.1, 0.15) is 21.9 Å². The minimum Gasteiger partial charge on any atom is -0.321 e. The van der Waals surface area contributed by atoms with Crippen LogP contribution in [0.3, 0.4) is 0 Å². The van der Waals surface area contributed by atoms with Gasteiger partial charge in [0.25, 0.3) is 5.91 Å². The van der Waals surface area contributed by atoms with Gasteiger partial charge in [0.15, 0.2) is 5.69 Å². The Kier molecular flexibility index (Phi) is 4.62. The Morgan fingerprint density at radius 1 is 1.00 bits per heavy atom. The van der Waals surface area contributed by atoms with Gasteiger partial charge in [-0.15, -0.1) is 10.2 Å². The molecule has 9 heteroatoms. The van der Waals surface area contributed by atoms with Crippen LogP contribution < -0.4 is 5.32 Å². The van der Waals surface area contributed by atoms with E-state index in [-0.39, 0.29) is 11.6 Å². The van der Waals surface area contributed by atoms with E-state index in [2.05, 4.69) is 25.9 Å². The zero-order valence-electron chi connectivity index (χ0n) is 15.2. The van der Waals surface area contributed by atoms with Crippen molar-refractivity contribution in [1.82, 2.24) is 30.0 Å². The first-order chi connectivity index (χ1) is 13.5. The number of halogens is 1. The van der Waals surface area contributed by atoms with Crippen LogP contribution in [0.15, 0.2) is 54.7 Å². The lowest BCUT2D eigenvalue weighted by Gasteiger charge is -2.07. The first-order valence-corrected chi connectivity index (χ1v) is 8.88. The van der Waals surface area contributed by atoms with E-state index >= 15 is 0 Å². The predicted octanol–water partition coefficient (Wildman–Crippen LogP) is 3.37. The van der Waals surface area contributed by atoms with Gasteiger partial charge in [0.2, 0.25) is 0 Å². The molecule has 0 unspecified atom stereocenters. The number of para-hydroxylation sites is 1. The number of rotatable bonds is 4. The third kappa shape index (κ3) is 3.25. The Labute approximate surface area is 165 Å². The molecule has 0 atom stereocenters. The fourth-order valence-corrected chi connectivity index (χ4v) is 3.02. The van der Waals surface area contributed by atoms with Crippen molar-refractivity contribution in [3.8, 4) is 11.4 Å². The van der Waals surface area contributed by atoms with Gasteiger partial charge in [-0.1, -0.05) is 34.2 Å². The molecule has 8 nitrogen and oxygen atoms in total. The van der Waals surface area contributed by atoms with Crippen molar-refractivity contribution in [2.75, 3.05) is 5.32 Å². The van der Waals surface area contributed by atoms with E-state index in [9.17, 15) is 4.79 Å². The first-order valence-electron chi connectivity index (χ1n) is 8.51. The van der Waals surface area contributed by atoms with E-state index in [1.54, 1.807) is 40.7 Å². The summed E-state index contributed by atoms with van der Waals surface area (Å²) in [4.78, 5) is 12.6. The number of anilines is 1. The molecule has 4 aromatic rings. The van der Waals surface area contributed by atoms with E-state index in [1.807, 2.05) is 37.3 Å². The molecule has 0 aliphatic carbocycles. The number of hydrogen-bond donors (Lipinski definition) is 1. The maximum atomic E-state index is 12.6. The van der Waals surface area contributed by atoms with Crippen molar-refractivity contribution in [3.05, 3.63) is 76.8 Å². The monoisotopic (exact) mass is 393 g/mol. The summed E-state index contributed by atoms with van der Waals surface area (Å²) in [5, 5.41) is 19.3. The van der Waals surface area contributed by atoms with Gasteiger partial charge in [-0.3, -0.25) is 4.79 Å². The highest BCUT2D eigenvalue weighted by atomic mass is 35.5. The summed E-state index contributed by atoms with van der Waals surface area (Å²) >= 11 is 6.22. The molecule has 28 heavy (non-hydrogen) atoms. The second-order valence-corrected chi connectivity index (χ2v) is 6.58. The summed E-state index contributed by atoms with van der Waals surface area (Å²) < 4.78 is 3.26. The smallest absolute Gasteiger partial charge is 0.278 e. The number of nitrogens with zero attached hydrogens (tertiary/aromatic N) is 6. The molecule has 0 fully saturated rings. The lowest BCUT2D eigenvalue weighted by Crippen LogP contribution is -2.14. The maximum Gasteiger partial charge on any atom is 0.278 e. The van der Waals surface area contributed by atoms with Crippen molar-refractivity contribution in [3.63, 3.8) is 0 Å². The van der Waals surface area contributed by atoms with E-state index in [0.717, 1.165) is 11.4 Å². The highest BCUT2D eigenvalue weighted by Crippen LogP contribution is 2.22. The first kappa shape index (κ1) is 17.9. The number of amides is 1. The maximum absolute atomic E-state index is 12.6. The van der Waals surface area contributed by atoms with Crippen molar-refractivity contribution in [2.45, 2.75) is 13.8 Å². The van der Waals surface area contributed by atoms with Crippen LogP contribution in [0.4, 0.5) is 5.69 Å². The summed E-state index contributed by atoms with van der Waals surface area (Å²) in [7, 11) is 0.